The summed E-state index contributed by atoms with van der Waals surface area (Å²) in [7, 11) is 3.52. The van der Waals surface area contributed by atoms with Gasteiger partial charge in [0.15, 0.2) is 0 Å². The third-order valence-corrected chi connectivity index (χ3v) is 3.16. The van der Waals surface area contributed by atoms with E-state index in [2.05, 4.69) is 5.32 Å². The van der Waals surface area contributed by atoms with Crippen molar-refractivity contribution in [2.75, 3.05) is 20.6 Å². The van der Waals surface area contributed by atoms with Crippen molar-refractivity contribution in [2.24, 2.45) is 0 Å². The summed E-state index contributed by atoms with van der Waals surface area (Å²) in [5, 5.41) is 13.2. The van der Waals surface area contributed by atoms with E-state index in [0.717, 1.165) is 13.0 Å². The van der Waals surface area contributed by atoms with Crippen molar-refractivity contribution < 1.29 is 9.90 Å². The number of nitrogens with zero attached hydrogens (tertiary/aromatic N) is 1. The van der Waals surface area contributed by atoms with Gasteiger partial charge in [-0.15, -0.1) is 0 Å². The molecule has 0 saturated carbocycles. The van der Waals surface area contributed by atoms with Gasteiger partial charge >= 0.3 is 0 Å². The van der Waals surface area contributed by atoms with Gasteiger partial charge in [-0.05, 0) is 40.7 Å². The average Bonchev–Trinajstić information content (AvgIpc) is 2.09. The van der Waals surface area contributed by atoms with Crippen LogP contribution in [0.4, 0.5) is 0 Å². The molecule has 2 N–H and O–H groups in total. The molecule has 16 heavy (non-hydrogen) atoms. The highest BCUT2D eigenvalue weighted by molar-refractivity contribution is 5.75. The molecule has 0 saturated heterocycles. The smallest absolute Gasteiger partial charge is 0.222 e. The lowest BCUT2D eigenvalue weighted by molar-refractivity contribution is -0.128. The minimum absolute atomic E-state index is 0.142. The normalized spacial score (nSPS) is 12.7. The maximum atomic E-state index is 11.3. The quantitative estimate of drug-likeness (QED) is 0.669. The summed E-state index contributed by atoms with van der Waals surface area (Å²) < 4.78 is 0. The Bertz CT molecular complexity index is 230. The van der Waals surface area contributed by atoms with Crippen LogP contribution in [0.1, 0.15) is 40.5 Å². The molecule has 0 atom stereocenters. The number of hydrogen-bond acceptors (Lipinski definition) is 3. The van der Waals surface area contributed by atoms with Gasteiger partial charge in [0, 0.05) is 26.1 Å². The second kappa shape index (κ2) is 5.64. The summed E-state index contributed by atoms with van der Waals surface area (Å²) in [6.07, 6.45) is 1.33. The first-order valence-electron chi connectivity index (χ1n) is 5.75. The molecular formula is C12H26N2O2. The number of nitrogens with one attached hydrogen (secondary N) is 1. The number of carbonyl (C=O) groups is 1. The molecule has 96 valence electrons. The van der Waals surface area contributed by atoms with E-state index < -0.39 is 5.60 Å². The molecule has 4 nitrogen and oxygen atoms in total. The van der Waals surface area contributed by atoms with Gasteiger partial charge in [0.2, 0.25) is 5.91 Å². The Labute approximate surface area is 99.0 Å². The molecule has 1 amide bonds. The molecule has 4 heteroatoms. The minimum Gasteiger partial charge on any atom is -0.389 e. The van der Waals surface area contributed by atoms with Gasteiger partial charge < -0.3 is 15.3 Å². The van der Waals surface area contributed by atoms with Crippen molar-refractivity contribution in [1.29, 1.82) is 0 Å². The first-order chi connectivity index (χ1) is 7.08. The number of carbonyl (C=O) groups excluding carboxylic acids is 1. The van der Waals surface area contributed by atoms with Crippen LogP contribution in [0.2, 0.25) is 0 Å². The van der Waals surface area contributed by atoms with Crippen LogP contribution in [0.15, 0.2) is 0 Å². The molecule has 0 aromatic rings. The second-order valence-corrected chi connectivity index (χ2v) is 5.50. The number of rotatable bonds is 6. The Hall–Kier alpha value is -0.610. The van der Waals surface area contributed by atoms with Crippen molar-refractivity contribution in [2.45, 2.75) is 51.7 Å². The summed E-state index contributed by atoms with van der Waals surface area (Å²) in [4.78, 5) is 12.9. The largest absolute Gasteiger partial charge is 0.389 e. The molecule has 0 aliphatic carbocycles. The summed E-state index contributed by atoms with van der Waals surface area (Å²) in [6, 6.07) is 0. The second-order valence-electron chi connectivity index (χ2n) is 5.50. The fourth-order valence-corrected chi connectivity index (χ4v) is 1.08. The van der Waals surface area contributed by atoms with Crippen LogP contribution < -0.4 is 5.32 Å². The maximum Gasteiger partial charge on any atom is 0.222 e. The molecule has 0 bridgehead atoms. The lowest BCUT2D eigenvalue weighted by atomic mass is 9.86. The first-order valence-corrected chi connectivity index (χ1v) is 5.75. The Morgan fingerprint density at radius 2 is 1.75 bits per heavy atom. The van der Waals surface area contributed by atoms with E-state index in [1.165, 1.54) is 0 Å². The van der Waals surface area contributed by atoms with E-state index in [-0.39, 0.29) is 11.4 Å². The zero-order valence-electron chi connectivity index (χ0n) is 11.4. The summed E-state index contributed by atoms with van der Waals surface area (Å²) in [6.45, 7) is 8.22. The highest BCUT2D eigenvalue weighted by Gasteiger charge is 2.33. The van der Waals surface area contributed by atoms with E-state index in [9.17, 15) is 9.90 Å². The maximum absolute atomic E-state index is 11.3. The predicted octanol–water partition coefficient (Wildman–Crippen LogP) is 0.994. The molecule has 0 aromatic heterocycles. The van der Waals surface area contributed by atoms with Gasteiger partial charge in [-0.3, -0.25) is 4.79 Å². The Morgan fingerprint density at radius 3 is 2.12 bits per heavy atom. The number of hydrogen-bond donors (Lipinski definition) is 2. The van der Waals surface area contributed by atoms with Crippen molar-refractivity contribution in [3.63, 3.8) is 0 Å². The van der Waals surface area contributed by atoms with Crippen LogP contribution >= 0.6 is 0 Å². The summed E-state index contributed by atoms with van der Waals surface area (Å²) >= 11 is 0. The van der Waals surface area contributed by atoms with Crippen molar-refractivity contribution in [3.8, 4) is 0 Å². The molecule has 0 heterocycles. The van der Waals surface area contributed by atoms with E-state index in [4.69, 9.17) is 0 Å². The van der Waals surface area contributed by atoms with Crippen molar-refractivity contribution in [1.82, 2.24) is 10.2 Å². The predicted molar refractivity (Wildman–Crippen MR) is 66.3 cm³/mol. The zero-order chi connectivity index (χ0) is 13.0. The topological polar surface area (TPSA) is 52.6 Å². The third kappa shape index (κ3) is 4.94. The summed E-state index contributed by atoms with van der Waals surface area (Å²) in [5.74, 6) is 0.142. The van der Waals surface area contributed by atoms with Gasteiger partial charge in [-0.1, -0.05) is 0 Å². The van der Waals surface area contributed by atoms with Gasteiger partial charge in [-0.2, -0.15) is 0 Å². The fourth-order valence-electron chi connectivity index (χ4n) is 1.08. The van der Waals surface area contributed by atoms with Crippen LogP contribution in [0, 0.1) is 0 Å². The first kappa shape index (κ1) is 15.4. The molecule has 0 radical (unpaired) electrons. The van der Waals surface area contributed by atoms with Gasteiger partial charge in [-0.25, -0.2) is 0 Å². The Kier molecular flexibility index (Phi) is 5.42. The van der Waals surface area contributed by atoms with Crippen LogP contribution in [-0.2, 0) is 4.79 Å². The van der Waals surface area contributed by atoms with E-state index in [0.29, 0.717) is 6.42 Å². The fraction of sp³-hybridized carbons (Fsp3) is 0.917. The molecule has 0 aliphatic heterocycles. The van der Waals surface area contributed by atoms with Gasteiger partial charge in [0.1, 0.15) is 0 Å². The number of amides is 1. The van der Waals surface area contributed by atoms with Crippen LogP contribution in [0.3, 0.4) is 0 Å². The lowest BCUT2D eigenvalue weighted by Crippen LogP contribution is -2.56. The van der Waals surface area contributed by atoms with Gasteiger partial charge in [0.05, 0.1) is 5.60 Å². The van der Waals surface area contributed by atoms with Crippen molar-refractivity contribution >= 4 is 5.91 Å². The lowest BCUT2D eigenvalue weighted by Gasteiger charge is -2.38. The minimum atomic E-state index is -0.779. The van der Waals surface area contributed by atoms with Crippen LogP contribution in [0.5, 0.6) is 0 Å². The van der Waals surface area contributed by atoms with Crippen LogP contribution in [0.25, 0.3) is 0 Å². The molecule has 0 unspecified atom stereocenters. The monoisotopic (exact) mass is 230 g/mol. The summed E-state index contributed by atoms with van der Waals surface area (Å²) in [5.41, 5.74) is -1.13. The van der Waals surface area contributed by atoms with E-state index >= 15 is 0 Å². The number of aliphatic hydroxyl groups is 1. The van der Waals surface area contributed by atoms with E-state index in [1.807, 2.05) is 13.8 Å². The molecule has 0 spiro atoms. The molecule has 0 aromatic carbocycles. The molecule has 0 rings (SSSR count). The van der Waals surface area contributed by atoms with Gasteiger partial charge in [0.25, 0.3) is 0 Å². The van der Waals surface area contributed by atoms with Crippen molar-refractivity contribution in [3.05, 3.63) is 0 Å². The average molecular weight is 230 g/mol. The molecule has 0 aliphatic rings. The Balaban J connectivity index is 3.88. The molecule has 0 fully saturated rings. The van der Waals surface area contributed by atoms with Crippen LogP contribution in [-0.4, -0.2) is 47.7 Å². The Morgan fingerprint density at radius 1 is 1.25 bits per heavy atom. The highest BCUT2D eigenvalue weighted by atomic mass is 16.3. The zero-order valence-corrected chi connectivity index (χ0v) is 11.4. The molecular weight excluding hydrogens is 204 g/mol. The SMILES string of the molecule is CN(C)C(=O)CCCNC(C)(C)C(C)(C)O. The standard InChI is InChI=1S/C12H26N2O2/c1-11(2,12(3,4)16)13-9-7-8-10(15)14(5)6/h13,16H,7-9H2,1-6H3. The highest BCUT2D eigenvalue weighted by Crippen LogP contribution is 2.20. The van der Waals surface area contributed by atoms with E-state index in [1.54, 1.807) is 32.8 Å². The third-order valence-electron chi connectivity index (χ3n) is 3.16.